The molecule has 0 spiro atoms. The van der Waals surface area contributed by atoms with E-state index in [2.05, 4.69) is 52.5 Å². The van der Waals surface area contributed by atoms with Gasteiger partial charge in [0.2, 0.25) is 5.88 Å². The van der Waals surface area contributed by atoms with E-state index in [1.54, 1.807) is 13.3 Å². The van der Waals surface area contributed by atoms with Gasteiger partial charge in [-0.15, -0.1) is 0 Å². The van der Waals surface area contributed by atoms with Crippen LogP contribution in [0.5, 0.6) is 5.88 Å². The van der Waals surface area contributed by atoms with Crippen molar-refractivity contribution in [1.29, 1.82) is 0 Å². The number of hydrogen-bond acceptors (Lipinski definition) is 4. The second-order valence-corrected chi connectivity index (χ2v) is 5.77. The first-order chi connectivity index (χ1) is 10.8. The van der Waals surface area contributed by atoms with Gasteiger partial charge in [0.15, 0.2) is 0 Å². The van der Waals surface area contributed by atoms with E-state index in [9.17, 15) is 0 Å². The van der Waals surface area contributed by atoms with Crippen LogP contribution >= 0.6 is 0 Å². The van der Waals surface area contributed by atoms with Gasteiger partial charge in [-0.3, -0.25) is 4.90 Å². The summed E-state index contributed by atoms with van der Waals surface area (Å²) < 4.78 is 5.31. The van der Waals surface area contributed by atoms with E-state index < -0.39 is 0 Å². The van der Waals surface area contributed by atoms with E-state index in [-0.39, 0.29) is 0 Å². The lowest BCUT2D eigenvalue weighted by atomic mass is 10.1. The first kappa shape index (κ1) is 14.9. The SMILES string of the molecule is COc1ncccc1N[C@@H]1CCN([C@H](C)c2ccccc2)C1. The Morgan fingerprint density at radius 2 is 2.05 bits per heavy atom. The zero-order valence-corrected chi connectivity index (χ0v) is 13.2. The number of pyridine rings is 1. The number of aromatic nitrogens is 1. The first-order valence-electron chi connectivity index (χ1n) is 7.82. The minimum absolute atomic E-state index is 0.435. The Morgan fingerprint density at radius 3 is 2.82 bits per heavy atom. The fourth-order valence-corrected chi connectivity index (χ4v) is 3.08. The minimum atomic E-state index is 0.435. The van der Waals surface area contributed by atoms with Crippen molar-refractivity contribution in [3.8, 4) is 5.88 Å². The number of likely N-dealkylation sites (tertiary alicyclic amines) is 1. The molecule has 2 atom stereocenters. The van der Waals surface area contributed by atoms with Crippen LogP contribution in [-0.4, -0.2) is 36.1 Å². The first-order valence-corrected chi connectivity index (χ1v) is 7.82. The van der Waals surface area contributed by atoms with Crippen molar-refractivity contribution in [2.75, 3.05) is 25.5 Å². The van der Waals surface area contributed by atoms with Crippen LogP contribution in [0.3, 0.4) is 0 Å². The van der Waals surface area contributed by atoms with Crippen LogP contribution in [0.1, 0.15) is 24.9 Å². The maximum atomic E-state index is 5.31. The highest BCUT2D eigenvalue weighted by Gasteiger charge is 2.27. The lowest BCUT2D eigenvalue weighted by molar-refractivity contribution is 0.261. The predicted molar refractivity (Wildman–Crippen MR) is 89.2 cm³/mol. The van der Waals surface area contributed by atoms with Gasteiger partial charge in [0, 0.05) is 31.4 Å². The molecule has 1 saturated heterocycles. The van der Waals surface area contributed by atoms with Gasteiger partial charge in [-0.25, -0.2) is 4.98 Å². The summed E-state index contributed by atoms with van der Waals surface area (Å²) in [5.41, 5.74) is 2.35. The molecule has 0 unspecified atom stereocenters. The molecule has 1 fully saturated rings. The molecule has 0 aliphatic carbocycles. The number of methoxy groups -OCH3 is 1. The summed E-state index contributed by atoms with van der Waals surface area (Å²) in [5, 5.41) is 3.57. The molecule has 1 aromatic carbocycles. The third-order valence-electron chi connectivity index (χ3n) is 4.37. The number of anilines is 1. The summed E-state index contributed by atoms with van der Waals surface area (Å²) in [6.45, 7) is 4.42. The van der Waals surface area contributed by atoms with Gasteiger partial charge in [-0.05, 0) is 31.0 Å². The fourth-order valence-electron chi connectivity index (χ4n) is 3.08. The second-order valence-electron chi connectivity index (χ2n) is 5.77. The molecular weight excluding hydrogens is 274 g/mol. The molecule has 116 valence electrons. The highest BCUT2D eigenvalue weighted by atomic mass is 16.5. The summed E-state index contributed by atoms with van der Waals surface area (Å²) in [6, 6.07) is 15.5. The van der Waals surface area contributed by atoms with Crippen LogP contribution in [0.15, 0.2) is 48.7 Å². The number of hydrogen-bond donors (Lipinski definition) is 1. The van der Waals surface area contributed by atoms with Gasteiger partial charge in [0.05, 0.1) is 12.8 Å². The smallest absolute Gasteiger partial charge is 0.237 e. The van der Waals surface area contributed by atoms with Crippen LogP contribution in [0.25, 0.3) is 0 Å². The van der Waals surface area contributed by atoms with E-state index in [0.29, 0.717) is 18.0 Å². The summed E-state index contributed by atoms with van der Waals surface area (Å²) in [7, 11) is 1.66. The van der Waals surface area contributed by atoms with Gasteiger partial charge < -0.3 is 10.1 Å². The summed E-state index contributed by atoms with van der Waals surface area (Å²) in [5.74, 6) is 0.664. The Balaban J connectivity index is 1.63. The van der Waals surface area contributed by atoms with Crippen LogP contribution in [-0.2, 0) is 0 Å². The average Bonchev–Trinajstić information content (AvgIpc) is 3.04. The maximum Gasteiger partial charge on any atom is 0.237 e. The maximum absolute atomic E-state index is 5.31. The molecule has 0 bridgehead atoms. The zero-order chi connectivity index (χ0) is 15.4. The Morgan fingerprint density at radius 1 is 1.23 bits per heavy atom. The molecule has 3 rings (SSSR count). The van der Waals surface area contributed by atoms with Crippen molar-refractivity contribution < 1.29 is 4.74 Å². The van der Waals surface area contributed by atoms with Gasteiger partial charge in [0.1, 0.15) is 0 Å². The molecule has 1 aromatic heterocycles. The summed E-state index contributed by atoms with van der Waals surface area (Å²) >= 11 is 0. The number of rotatable bonds is 5. The molecule has 1 aliphatic rings. The van der Waals surface area contributed by atoms with E-state index in [1.807, 2.05) is 12.1 Å². The van der Waals surface area contributed by atoms with Crippen molar-refractivity contribution in [3.63, 3.8) is 0 Å². The van der Waals surface area contributed by atoms with Crippen LogP contribution < -0.4 is 10.1 Å². The highest BCUT2D eigenvalue weighted by molar-refractivity contribution is 5.52. The Hall–Kier alpha value is -2.07. The van der Waals surface area contributed by atoms with Gasteiger partial charge >= 0.3 is 0 Å². The molecule has 4 heteroatoms. The number of nitrogens with one attached hydrogen (secondary N) is 1. The fraction of sp³-hybridized carbons (Fsp3) is 0.389. The quantitative estimate of drug-likeness (QED) is 0.918. The Kier molecular flexibility index (Phi) is 4.59. The lowest BCUT2D eigenvalue weighted by Crippen LogP contribution is -2.28. The highest BCUT2D eigenvalue weighted by Crippen LogP contribution is 2.28. The van der Waals surface area contributed by atoms with Crippen LogP contribution in [0.4, 0.5) is 5.69 Å². The van der Waals surface area contributed by atoms with Crippen molar-refractivity contribution >= 4 is 5.69 Å². The van der Waals surface area contributed by atoms with E-state index >= 15 is 0 Å². The lowest BCUT2D eigenvalue weighted by Gasteiger charge is -2.25. The third-order valence-corrected chi connectivity index (χ3v) is 4.37. The van der Waals surface area contributed by atoms with Crippen molar-refractivity contribution in [3.05, 3.63) is 54.2 Å². The largest absolute Gasteiger partial charge is 0.480 e. The normalized spacial score (nSPS) is 19.8. The van der Waals surface area contributed by atoms with E-state index in [0.717, 1.165) is 25.2 Å². The van der Waals surface area contributed by atoms with E-state index in [4.69, 9.17) is 4.74 Å². The molecular formula is C18H23N3O. The number of benzene rings is 1. The molecule has 0 saturated carbocycles. The minimum Gasteiger partial charge on any atom is -0.480 e. The van der Waals surface area contributed by atoms with Gasteiger partial charge in [-0.2, -0.15) is 0 Å². The van der Waals surface area contributed by atoms with Crippen molar-refractivity contribution in [2.24, 2.45) is 0 Å². The Labute approximate surface area is 132 Å². The topological polar surface area (TPSA) is 37.4 Å². The Bertz CT molecular complexity index is 602. The molecule has 4 nitrogen and oxygen atoms in total. The van der Waals surface area contributed by atoms with Crippen molar-refractivity contribution in [2.45, 2.75) is 25.4 Å². The number of ether oxygens (including phenoxy) is 1. The molecule has 1 N–H and O–H groups in total. The van der Waals surface area contributed by atoms with Gasteiger partial charge in [-0.1, -0.05) is 30.3 Å². The third kappa shape index (κ3) is 3.22. The zero-order valence-electron chi connectivity index (χ0n) is 13.2. The monoisotopic (exact) mass is 297 g/mol. The van der Waals surface area contributed by atoms with Crippen molar-refractivity contribution in [1.82, 2.24) is 9.88 Å². The standard InChI is InChI=1S/C18H23N3O/c1-14(15-7-4-3-5-8-15)21-12-10-16(13-21)20-17-9-6-11-19-18(17)22-2/h3-9,11,14,16,20H,10,12-13H2,1-2H3/t14-,16-/m1/s1. The molecule has 1 aliphatic heterocycles. The second kappa shape index (κ2) is 6.79. The van der Waals surface area contributed by atoms with Gasteiger partial charge in [0.25, 0.3) is 0 Å². The summed E-state index contributed by atoms with van der Waals surface area (Å²) in [4.78, 5) is 6.77. The number of nitrogens with zero attached hydrogens (tertiary/aromatic N) is 2. The average molecular weight is 297 g/mol. The van der Waals surface area contributed by atoms with Crippen LogP contribution in [0, 0.1) is 0 Å². The summed E-state index contributed by atoms with van der Waals surface area (Å²) in [6.07, 6.45) is 2.89. The predicted octanol–water partition coefficient (Wildman–Crippen LogP) is 3.34. The molecule has 2 aromatic rings. The van der Waals surface area contributed by atoms with Crippen LogP contribution in [0.2, 0.25) is 0 Å². The molecule has 22 heavy (non-hydrogen) atoms. The molecule has 2 heterocycles. The molecule has 0 radical (unpaired) electrons. The molecule has 0 amide bonds. The van der Waals surface area contributed by atoms with E-state index in [1.165, 1.54) is 5.56 Å².